The highest BCUT2D eigenvalue weighted by Gasteiger charge is 2.35. The first kappa shape index (κ1) is 15.7. The lowest BCUT2D eigenvalue weighted by Gasteiger charge is -2.32. The molecule has 0 spiro atoms. The quantitative estimate of drug-likeness (QED) is 0.859. The van der Waals surface area contributed by atoms with Gasteiger partial charge < -0.3 is 10.0 Å². The molecule has 1 heterocycles. The first-order chi connectivity index (χ1) is 9.79. The van der Waals surface area contributed by atoms with Crippen LogP contribution in [-0.4, -0.2) is 49.9 Å². The lowest BCUT2D eigenvalue weighted by atomic mass is 10.1. The van der Waals surface area contributed by atoms with Gasteiger partial charge in [-0.2, -0.15) is 8.42 Å². The van der Waals surface area contributed by atoms with E-state index in [4.69, 9.17) is 9.29 Å². The standard InChI is InChI=1S/C13H16FNO5S/c1-9-2-4-10(5-3-9)21(18,19)20-12-6-7-15(13(16)17)8-11(12)14/h2-5,11-12H,6-8H2,1H3,(H,16,17)/t11-,12+/m0/s1. The van der Waals surface area contributed by atoms with Crippen molar-refractivity contribution >= 4 is 16.2 Å². The van der Waals surface area contributed by atoms with Crippen LogP contribution in [0.3, 0.4) is 0 Å². The Morgan fingerprint density at radius 1 is 1.38 bits per heavy atom. The topological polar surface area (TPSA) is 83.9 Å². The molecule has 1 saturated heterocycles. The lowest BCUT2D eigenvalue weighted by Crippen LogP contribution is -2.48. The second kappa shape index (κ2) is 5.98. The van der Waals surface area contributed by atoms with Crippen LogP contribution in [0, 0.1) is 6.92 Å². The molecule has 0 aromatic heterocycles. The fourth-order valence-electron chi connectivity index (χ4n) is 2.09. The number of benzene rings is 1. The first-order valence-electron chi connectivity index (χ1n) is 6.41. The van der Waals surface area contributed by atoms with E-state index in [0.717, 1.165) is 10.5 Å². The third-order valence-corrected chi connectivity index (χ3v) is 4.66. The summed E-state index contributed by atoms with van der Waals surface area (Å²) >= 11 is 0. The maximum atomic E-state index is 13.9. The van der Waals surface area contributed by atoms with Crippen LogP contribution < -0.4 is 0 Å². The lowest BCUT2D eigenvalue weighted by molar-refractivity contribution is 0.0284. The van der Waals surface area contributed by atoms with Gasteiger partial charge in [0.05, 0.1) is 11.4 Å². The van der Waals surface area contributed by atoms with Crippen LogP contribution in [0.5, 0.6) is 0 Å². The van der Waals surface area contributed by atoms with Gasteiger partial charge in [0.1, 0.15) is 12.3 Å². The summed E-state index contributed by atoms with van der Waals surface area (Å²) in [5.41, 5.74) is 0.895. The smallest absolute Gasteiger partial charge is 0.407 e. The Hall–Kier alpha value is -1.67. The molecule has 0 bridgehead atoms. The van der Waals surface area contributed by atoms with Crippen molar-refractivity contribution in [1.29, 1.82) is 0 Å². The average Bonchev–Trinajstić information content (AvgIpc) is 2.41. The van der Waals surface area contributed by atoms with Crippen LogP contribution >= 0.6 is 0 Å². The van der Waals surface area contributed by atoms with Crippen LogP contribution in [0.4, 0.5) is 9.18 Å². The molecule has 0 aliphatic carbocycles. The molecular formula is C13H16FNO5S. The molecule has 1 N–H and O–H groups in total. The number of amides is 1. The van der Waals surface area contributed by atoms with Crippen molar-refractivity contribution in [2.24, 2.45) is 0 Å². The van der Waals surface area contributed by atoms with E-state index in [1.54, 1.807) is 12.1 Å². The van der Waals surface area contributed by atoms with Gasteiger partial charge in [0, 0.05) is 6.54 Å². The van der Waals surface area contributed by atoms with Crippen molar-refractivity contribution < 1.29 is 26.9 Å². The first-order valence-corrected chi connectivity index (χ1v) is 7.82. The van der Waals surface area contributed by atoms with E-state index in [-0.39, 0.29) is 24.4 Å². The average molecular weight is 317 g/mol. The minimum absolute atomic E-state index is 0.00143. The van der Waals surface area contributed by atoms with Crippen molar-refractivity contribution in [3.8, 4) is 0 Å². The number of carboxylic acid groups (broad SMARTS) is 1. The Kier molecular flexibility index (Phi) is 4.48. The summed E-state index contributed by atoms with van der Waals surface area (Å²) in [5, 5.41) is 8.78. The zero-order valence-corrected chi connectivity index (χ0v) is 12.2. The van der Waals surface area contributed by atoms with E-state index in [1.165, 1.54) is 12.1 Å². The maximum Gasteiger partial charge on any atom is 0.407 e. The Balaban J connectivity index is 2.07. The summed E-state index contributed by atoms with van der Waals surface area (Å²) in [7, 11) is -4.05. The van der Waals surface area contributed by atoms with E-state index in [1.807, 2.05) is 6.92 Å². The largest absolute Gasteiger partial charge is 0.465 e. The third-order valence-electron chi connectivity index (χ3n) is 3.31. The minimum Gasteiger partial charge on any atom is -0.465 e. The SMILES string of the molecule is Cc1ccc(S(=O)(=O)O[C@@H]2CCN(C(=O)O)C[C@@H]2F)cc1. The molecule has 0 saturated carbocycles. The zero-order chi connectivity index (χ0) is 15.6. The molecule has 2 atom stereocenters. The number of aryl methyl sites for hydroxylation is 1. The van der Waals surface area contributed by atoms with Gasteiger partial charge in [-0.1, -0.05) is 17.7 Å². The number of likely N-dealkylation sites (tertiary alicyclic amines) is 1. The summed E-state index contributed by atoms with van der Waals surface area (Å²) in [4.78, 5) is 11.6. The van der Waals surface area contributed by atoms with Gasteiger partial charge in [0.2, 0.25) is 0 Å². The molecule has 1 aliphatic rings. The van der Waals surface area contributed by atoms with E-state index in [2.05, 4.69) is 0 Å². The highest BCUT2D eigenvalue weighted by atomic mass is 32.2. The molecule has 1 fully saturated rings. The van der Waals surface area contributed by atoms with Gasteiger partial charge in [-0.25, -0.2) is 9.18 Å². The zero-order valence-electron chi connectivity index (χ0n) is 11.4. The number of hydrogen-bond donors (Lipinski definition) is 1. The third kappa shape index (κ3) is 3.70. The second-order valence-corrected chi connectivity index (χ2v) is 6.51. The molecule has 2 rings (SSSR count). The summed E-state index contributed by atoms with van der Waals surface area (Å²) in [6.45, 7) is 1.48. The normalized spacial score (nSPS) is 23.0. The monoisotopic (exact) mass is 317 g/mol. The summed E-state index contributed by atoms with van der Waals surface area (Å²) < 4.78 is 42.9. The Morgan fingerprint density at radius 2 is 2.00 bits per heavy atom. The molecule has 116 valence electrons. The number of alkyl halides is 1. The Labute approximate surface area is 122 Å². The fraction of sp³-hybridized carbons (Fsp3) is 0.462. The molecule has 0 unspecified atom stereocenters. The van der Waals surface area contributed by atoms with E-state index < -0.39 is 28.5 Å². The number of piperidine rings is 1. The van der Waals surface area contributed by atoms with Gasteiger partial charge in [0.25, 0.3) is 10.1 Å². The minimum atomic E-state index is -4.05. The van der Waals surface area contributed by atoms with Gasteiger partial charge in [-0.05, 0) is 25.5 Å². The van der Waals surface area contributed by atoms with Crippen LogP contribution in [0.1, 0.15) is 12.0 Å². The molecule has 8 heteroatoms. The van der Waals surface area contributed by atoms with Crippen molar-refractivity contribution in [1.82, 2.24) is 4.90 Å². The maximum absolute atomic E-state index is 13.9. The van der Waals surface area contributed by atoms with Gasteiger partial charge >= 0.3 is 6.09 Å². The number of halogens is 1. The van der Waals surface area contributed by atoms with Crippen LogP contribution in [0.25, 0.3) is 0 Å². The number of nitrogens with zero attached hydrogens (tertiary/aromatic N) is 1. The Bertz CT molecular complexity index is 616. The molecule has 6 nitrogen and oxygen atoms in total. The van der Waals surface area contributed by atoms with Gasteiger partial charge in [-0.15, -0.1) is 0 Å². The fourth-order valence-corrected chi connectivity index (χ4v) is 3.21. The predicted molar refractivity (Wildman–Crippen MR) is 72.3 cm³/mol. The van der Waals surface area contributed by atoms with Crippen LogP contribution in [0.2, 0.25) is 0 Å². The highest BCUT2D eigenvalue weighted by Crippen LogP contribution is 2.23. The summed E-state index contributed by atoms with van der Waals surface area (Å²) in [6.07, 6.45) is -4.06. The summed E-state index contributed by atoms with van der Waals surface area (Å²) in [6, 6.07) is 6.03. The van der Waals surface area contributed by atoms with Crippen molar-refractivity contribution in [3.63, 3.8) is 0 Å². The van der Waals surface area contributed by atoms with Crippen LogP contribution in [0.15, 0.2) is 29.2 Å². The van der Waals surface area contributed by atoms with E-state index in [0.29, 0.717) is 0 Å². The molecular weight excluding hydrogens is 301 g/mol. The number of hydrogen-bond acceptors (Lipinski definition) is 4. The molecule has 0 radical (unpaired) electrons. The van der Waals surface area contributed by atoms with Gasteiger partial charge in [-0.3, -0.25) is 4.18 Å². The predicted octanol–water partition coefficient (Wildman–Crippen LogP) is 1.79. The van der Waals surface area contributed by atoms with E-state index >= 15 is 0 Å². The molecule has 1 aliphatic heterocycles. The number of rotatable bonds is 3. The molecule has 1 aromatic carbocycles. The number of carbonyl (C=O) groups is 1. The van der Waals surface area contributed by atoms with Crippen molar-refractivity contribution in [3.05, 3.63) is 29.8 Å². The Morgan fingerprint density at radius 3 is 2.52 bits per heavy atom. The van der Waals surface area contributed by atoms with Crippen molar-refractivity contribution in [2.45, 2.75) is 30.5 Å². The van der Waals surface area contributed by atoms with Crippen molar-refractivity contribution in [2.75, 3.05) is 13.1 Å². The molecule has 1 aromatic rings. The highest BCUT2D eigenvalue weighted by molar-refractivity contribution is 7.86. The van der Waals surface area contributed by atoms with Crippen LogP contribution in [-0.2, 0) is 14.3 Å². The van der Waals surface area contributed by atoms with E-state index in [9.17, 15) is 17.6 Å². The second-order valence-electron chi connectivity index (χ2n) is 4.94. The molecule has 1 amide bonds. The molecule has 21 heavy (non-hydrogen) atoms. The summed E-state index contributed by atoms with van der Waals surface area (Å²) in [5.74, 6) is 0. The van der Waals surface area contributed by atoms with Gasteiger partial charge in [0.15, 0.2) is 0 Å².